The monoisotopic (exact) mass is 681 g/mol. The molecule has 2 heterocycles. The van der Waals surface area contributed by atoms with Crippen molar-refractivity contribution in [2.24, 2.45) is 5.92 Å². The van der Waals surface area contributed by atoms with Gasteiger partial charge in [0.15, 0.2) is 6.29 Å². The molecule has 7 rings (SSSR count). The molecule has 4 unspecified atom stereocenters. The standard InChI is InChI=1S/C44H47N3O4/c1-32-41(30-47-24-22-46(23-25-47)29-33-10-4-2-5-11-33)50-44(51-42(32)36-20-18-34(31-48)19-21-36)40-17-9-16-39(27-40)38-15-8-12-35(26-38)28-45-43(49)37-13-6-3-7-14-37/h2-21,26-27,32,41-42,44,48H,22-25,28-31H2,1H3,(H,45,49). The molecule has 0 spiro atoms. The summed E-state index contributed by atoms with van der Waals surface area (Å²) in [6, 6.07) is 44.8. The number of aliphatic hydroxyl groups excluding tert-OH is 1. The molecule has 262 valence electrons. The SMILES string of the molecule is CC1C(CN2CCN(Cc3ccccc3)CC2)OC(c2cccc(-c3cccc(CNC(=O)c4ccccc4)c3)c2)OC1c1ccc(CO)cc1. The van der Waals surface area contributed by atoms with Gasteiger partial charge in [0.2, 0.25) is 0 Å². The lowest BCUT2D eigenvalue weighted by Gasteiger charge is -2.44. The Morgan fingerprint density at radius 2 is 1.33 bits per heavy atom. The minimum atomic E-state index is -0.540. The van der Waals surface area contributed by atoms with Crippen LogP contribution in [0.3, 0.4) is 0 Å². The van der Waals surface area contributed by atoms with Gasteiger partial charge in [-0.3, -0.25) is 14.6 Å². The van der Waals surface area contributed by atoms with Crippen LogP contribution in [-0.2, 0) is 29.2 Å². The van der Waals surface area contributed by atoms with Crippen LogP contribution in [0.2, 0.25) is 0 Å². The van der Waals surface area contributed by atoms with Crippen LogP contribution in [-0.4, -0.2) is 59.6 Å². The average molecular weight is 682 g/mol. The minimum Gasteiger partial charge on any atom is -0.392 e. The van der Waals surface area contributed by atoms with Crippen molar-refractivity contribution in [3.8, 4) is 11.1 Å². The molecular formula is C44H47N3O4. The van der Waals surface area contributed by atoms with Gasteiger partial charge in [-0.05, 0) is 57.6 Å². The van der Waals surface area contributed by atoms with Crippen molar-refractivity contribution in [3.05, 3.63) is 167 Å². The summed E-state index contributed by atoms with van der Waals surface area (Å²) in [5.41, 5.74) is 8.09. The van der Waals surface area contributed by atoms with Crippen molar-refractivity contribution in [2.45, 2.75) is 45.1 Å². The van der Waals surface area contributed by atoms with E-state index >= 15 is 0 Å². The van der Waals surface area contributed by atoms with Gasteiger partial charge in [0.05, 0.1) is 18.8 Å². The lowest BCUT2D eigenvalue weighted by Crippen LogP contribution is -2.51. The predicted molar refractivity (Wildman–Crippen MR) is 201 cm³/mol. The van der Waals surface area contributed by atoms with Crippen molar-refractivity contribution in [2.75, 3.05) is 32.7 Å². The Kier molecular flexibility index (Phi) is 11.3. The Hall–Kier alpha value is -4.63. The van der Waals surface area contributed by atoms with Crippen molar-refractivity contribution in [1.82, 2.24) is 15.1 Å². The van der Waals surface area contributed by atoms with Crippen LogP contribution >= 0.6 is 0 Å². The molecule has 0 saturated carbocycles. The number of nitrogens with zero attached hydrogens (tertiary/aromatic N) is 2. The van der Waals surface area contributed by atoms with Gasteiger partial charge in [-0.25, -0.2) is 0 Å². The molecule has 2 aliphatic rings. The molecule has 2 fully saturated rings. The van der Waals surface area contributed by atoms with E-state index in [1.54, 1.807) is 0 Å². The molecule has 5 aromatic carbocycles. The van der Waals surface area contributed by atoms with Crippen LogP contribution in [0.25, 0.3) is 11.1 Å². The van der Waals surface area contributed by atoms with Crippen LogP contribution in [0.4, 0.5) is 0 Å². The van der Waals surface area contributed by atoms with E-state index in [-0.39, 0.29) is 30.6 Å². The Morgan fingerprint density at radius 1 is 0.686 bits per heavy atom. The van der Waals surface area contributed by atoms with Crippen LogP contribution in [0.5, 0.6) is 0 Å². The quantitative estimate of drug-likeness (QED) is 0.152. The second-order valence-electron chi connectivity index (χ2n) is 13.8. The summed E-state index contributed by atoms with van der Waals surface area (Å²) in [6.45, 7) is 8.55. The molecule has 7 heteroatoms. The first-order valence-corrected chi connectivity index (χ1v) is 18.0. The van der Waals surface area contributed by atoms with Crippen molar-refractivity contribution >= 4 is 5.91 Å². The summed E-state index contributed by atoms with van der Waals surface area (Å²) in [4.78, 5) is 17.7. The highest BCUT2D eigenvalue weighted by atomic mass is 16.7. The molecule has 2 N–H and O–H groups in total. The molecule has 1 amide bonds. The summed E-state index contributed by atoms with van der Waals surface area (Å²) in [5, 5.41) is 12.7. The summed E-state index contributed by atoms with van der Waals surface area (Å²) < 4.78 is 13.7. The van der Waals surface area contributed by atoms with E-state index in [1.165, 1.54) is 5.56 Å². The van der Waals surface area contributed by atoms with Crippen molar-refractivity contribution in [1.29, 1.82) is 0 Å². The van der Waals surface area contributed by atoms with E-state index in [0.717, 1.165) is 72.6 Å². The van der Waals surface area contributed by atoms with Gasteiger partial charge in [0.25, 0.3) is 5.91 Å². The van der Waals surface area contributed by atoms with E-state index in [1.807, 2.05) is 54.6 Å². The number of rotatable bonds is 11. The number of aliphatic hydroxyl groups is 1. The topological polar surface area (TPSA) is 74.3 Å². The Labute approximate surface area is 301 Å². The number of nitrogens with one attached hydrogen (secondary N) is 1. The molecule has 7 nitrogen and oxygen atoms in total. The largest absolute Gasteiger partial charge is 0.392 e. The third-order valence-corrected chi connectivity index (χ3v) is 10.2. The normalized spacial score (nSPS) is 21.3. The van der Waals surface area contributed by atoms with Gasteiger partial charge in [-0.2, -0.15) is 0 Å². The van der Waals surface area contributed by atoms with Crippen LogP contribution in [0, 0.1) is 5.92 Å². The van der Waals surface area contributed by atoms with Gasteiger partial charge >= 0.3 is 0 Å². The predicted octanol–water partition coefficient (Wildman–Crippen LogP) is 7.39. The summed E-state index contributed by atoms with van der Waals surface area (Å²) in [6.07, 6.45) is -0.741. The first-order valence-electron chi connectivity index (χ1n) is 18.0. The third kappa shape index (κ3) is 8.82. The van der Waals surface area contributed by atoms with E-state index in [9.17, 15) is 9.90 Å². The van der Waals surface area contributed by atoms with Crippen LogP contribution in [0.15, 0.2) is 133 Å². The lowest BCUT2D eigenvalue weighted by molar-refractivity contribution is -0.276. The zero-order valence-corrected chi connectivity index (χ0v) is 29.2. The smallest absolute Gasteiger partial charge is 0.251 e. The number of hydrogen-bond donors (Lipinski definition) is 2. The maximum Gasteiger partial charge on any atom is 0.251 e. The number of hydrogen-bond acceptors (Lipinski definition) is 6. The van der Waals surface area contributed by atoms with Gasteiger partial charge < -0.3 is 19.9 Å². The highest BCUT2D eigenvalue weighted by Gasteiger charge is 2.39. The molecule has 0 radical (unpaired) electrons. The summed E-state index contributed by atoms with van der Waals surface area (Å²) >= 11 is 0. The van der Waals surface area contributed by atoms with E-state index < -0.39 is 6.29 Å². The first-order chi connectivity index (χ1) is 25.0. The van der Waals surface area contributed by atoms with Gasteiger partial charge in [0.1, 0.15) is 0 Å². The highest BCUT2D eigenvalue weighted by molar-refractivity contribution is 5.94. The fourth-order valence-electron chi connectivity index (χ4n) is 7.15. The van der Waals surface area contributed by atoms with Crippen LogP contribution < -0.4 is 5.32 Å². The average Bonchev–Trinajstić information content (AvgIpc) is 3.19. The number of piperazine rings is 1. The number of carbonyl (C=O) groups excluding carboxylic acids is 1. The van der Waals surface area contributed by atoms with Gasteiger partial charge in [-0.15, -0.1) is 0 Å². The van der Waals surface area contributed by atoms with E-state index in [0.29, 0.717) is 12.1 Å². The second-order valence-corrected chi connectivity index (χ2v) is 13.8. The molecular weight excluding hydrogens is 635 g/mol. The van der Waals surface area contributed by atoms with E-state index in [4.69, 9.17) is 9.47 Å². The molecule has 0 bridgehead atoms. The molecule has 2 saturated heterocycles. The zero-order chi connectivity index (χ0) is 35.0. The maximum absolute atomic E-state index is 12.7. The number of benzene rings is 5. The first kappa shape index (κ1) is 34.8. The van der Waals surface area contributed by atoms with Crippen molar-refractivity contribution < 1.29 is 19.4 Å². The number of ether oxygens (including phenoxy) is 2. The summed E-state index contributed by atoms with van der Waals surface area (Å²) in [7, 11) is 0. The molecule has 5 aromatic rings. The van der Waals surface area contributed by atoms with Crippen molar-refractivity contribution in [3.63, 3.8) is 0 Å². The maximum atomic E-state index is 12.7. The number of carbonyl (C=O) groups is 1. The fourth-order valence-corrected chi connectivity index (χ4v) is 7.15. The van der Waals surface area contributed by atoms with E-state index in [2.05, 4.69) is 101 Å². The lowest BCUT2D eigenvalue weighted by atomic mass is 9.89. The molecule has 0 aliphatic carbocycles. The van der Waals surface area contributed by atoms with Gasteiger partial charge in [0, 0.05) is 62.9 Å². The van der Waals surface area contributed by atoms with Crippen LogP contribution in [0.1, 0.15) is 57.5 Å². The third-order valence-electron chi connectivity index (χ3n) is 10.2. The number of amides is 1. The Morgan fingerprint density at radius 3 is 2.06 bits per heavy atom. The zero-order valence-electron chi connectivity index (χ0n) is 29.2. The Balaban J connectivity index is 1.07. The minimum absolute atomic E-state index is 0.0133. The Bertz CT molecular complexity index is 1860. The second kappa shape index (κ2) is 16.6. The molecule has 2 aliphatic heterocycles. The molecule has 4 atom stereocenters. The van der Waals surface area contributed by atoms with Gasteiger partial charge in [-0.1, -0.05) is 116 Å². The summed E-state index contributed by atoms with van der Waals surface area (Å²) in [5.74, 6) is 0.0301. The molecule has 51 heavy (non-hydrogen) atoms. The highest BCUT2D eigenvalue weighted by Crippen LogP contribution is 2.42. The molecule has 0 aromatic heterocycles. The fraction of sp³-hybridized carbons (Fsp3) is 0.295.